The molecule has 0 bridgehead atoms. The van der Waals surface area contributed by atoms with Crippen LogP contribution < -0.4 is 10.1 Å². The molecule has 2 aromatic carbocycles. The molecule has 1 N–H and O–H groups in total. The molecule has 3 rings (SSSR count). The summed E-state index contributed by atoms with van der Waals surface area (Å²) in [7, 11) is 0. The maximum Gasteiger partial charge on any atom is 0.292 e. The predicted octanol–water partition coefficient (Wildman–Crippen LogP) is 3.68. The molecule has 1 amide bonds. The highest BCUT2D eigenvalue weighted by Crippen LogP contribution is 2.24. The topological polar surface area (TPSA) is 112 Å². The SMILES string of the molecule is C=CCn1c(COc2ccccc2)nnc1SCC(=O)Nc1ccccc1[N+](=O)[O-]. The van der Waals surface area contributed by atoms with Gasteiger partial charge < -0.3 is 10.1 Å². The number of ether oxygens (including phenoxy) is 1. The van der Waals surface area contributed by atoms with Gasteiger partial charge >= 0.3 is 0 Å². The molecule has 1 aromatic heterocycles. The van der Waals surface area contributed by atoms with Crippen molar-refractivity contribution in [2.45, 2.75) is 18.3 Å². The van der Waals surface area contributed by atoms with Gasteiger partial charge in [-0.3, -0.25) is 19.5 Å². The molecule has 3 aromatic rings. The fourth-order valence-corrected chi connectivity index (χ4v) is 3.33. The van der Waals surface area contributed by atoms with Crippen LogP contribution in [0.4, 0.5) is 11.4 Å². The van der Waals surface area contributed by atoms with E-state index in [4.69, 9.17) is 4.74 Å². The van der Waals surface area contributed by atoms with Gasteiger partial charge in [0.1, 0.15) is 18.0 Å². The molecule has 0 aliphatic heterocycles. The largest absolute Gasteiger partial charge is 0.486 e. The van der Waals surface area contributed by atoms with Crippen molar-refractivity contribution in [2.75, 3.05) is 11.1 Å². The number of anilines is 1. The van der Waals surface area contributed by atoms with Crippen molar-refractivity contribution in [2.24, 2.45) is 0 Å². The number of benzene rings is 2. The molecule has 154 valence electrons. The Morgan fingerprint density at radius 2 is 1.93 bits per heavy atom. The van der Waals surface area contributed by atoms with Crippen LogP contribution in [0, 0.1) is 10.1 Å². The number of allylic oxidation sites excluding steroid dienone is 1. The normalized spacial score (nSPS) is 10.4. The van der Waals surface area contributed by atoms with Crippen LogP contribution in [0.15, 0.2) is 72.4 Å². The van der Waals surface area contributed by atoms with Gasteiger partial charge in [-0.2, -0.15) is 0 Å². The van der Waals surface area contributed by atoms with Crippen LogP contribution >= 0.6 is 11.8 Å². The van der Waals surface area contributed by atoms with E-state index in [0.29, 0.717) is 23.3 Å². The highest BCUT2D eigenvalue weighted by Gasteiger charge is 2.17. The molecule has 0 aliphatic rings. The Bertz CT molecular complexity index is 1040. The van der Waals surface area contributed by atoms with Gasteiger partial charge in [-0.15, -0.1) is 16.8 Å². The molecular weight excluding hydrogens is 406 g/mol. The van der Waals surface area contributed by atoms with E-state index in [9.17, 15) is 14.9 Å². The molecule has 0 saturated carbocycles. The van der Waals surface area contributed by atoms with Gasteiger partial charge in [-0.25, -0.2) is 0 Å². The van der Waals surface area contributed by atoms with Crippen molar-refractivity contribution in [3.8, 4) is 5.75 Å². The van der Waals surface area contributed by atoms with E-state index < -0.39 is 4.92 Å². The van der Waals surface area contributed by atoms with Crippen molar-refractivity contribution in [1.29, 1.82) is 0 Å². The van der Waals surface area contributed by atoms with Gasteiger partial charge in [0.2, 0.25) is 5.91 Å². The number of amides is 1. The van der Waals surface area contributed by atoms with Crippen molar-refractivity contribution in [3.63, 3.8) is 0 Å². The highest BCUT2D eigenvalue weighted by atomic mass is 32.2. The Morgan fingerprint density at radius 1 is 1.20 bits per heavy atom. The number of nitro benzene ring substituents is 1. The standard InChI is InChI=1S/C20H19N5O4S/c1-2-12-24-18(13-29-15-8-4-3-5-9-15)22-23-20(24)30-14-19(26)21-16-10-6-7-11-17(16)25(27)28/h2-11H,1,12-14H2,(H,21,26). The lowest BCUT2D eigenvalue weighted by atomic mass is 10.2. The second-order valence-corrected chi connectivity index (χ2v) is 6.95. The number of nitrogens with one attached hydrogen (secondary N) is 1. The van der Waals surface area contributed by atoms with Crippen LogP contribution in [0.2, 0.25) is 0 Å². The third kappa shape index (κ3) is 5.45. The summed E-state index contributed by atoms with van der Waals surface area (Å²) in [6.07, 6.45) is 1.70. The first-order chi connectivity index (χ1) is 14.6. The molecule has 0 fully saturated rings. The summed E-state index contributed by atoms with van der Waals surface area (Å²) in [5.41, 5.74) is -0.0105. The lowest BCUT2D eigenvalue weighted by Crippen LogP contribution is -2.16. The van der Waals surface area contributed by atoms with E-state index in [1.54, 1.807) is 22.8 Å². The summed E-state index contributed by atoms with van der Waals surface area (Å²) >= 11 is 1.18. The minimum atomic E-state index is -0.539. The smallest absolute Gasteiger partial charge is 0.292 e. The number of nitrogens with zero attached hydrogens (tertiary/aromatic N) is 4. The van der Waals surface area contributed by atoms with Gasteiger partial charge in [0.15, 0.2) is 11.0 Å². The zero-order valence-corrected chi connectivity index (χ0v) is 16.7. The number of aromatic nitrogens is 3. The number of hydrogen-bond donors (Lipinski definition) is 1. The summed E-state index contributed by atoms with van der Waals surface area (Å²) in [4.78, 5) is 22.8. The van der Waals surface area contributed by atoms with Crippen LogP contribution in [-0.2, 0) is 17.9 Å². The lowest BCUT2D eigenvalue weighted by molar-refractivity contribution is -0.383. The van der Waals surface area contributed by atoms with Crippen LogP contribution in [0.1, 0.15) is 5.82 Å². The average Bonchev–Trinajstić information content (AvgIpc) is 3.13. The first kappa shape index (κ1) is 21.1. The minimum absolute atomic E-state index is 0.0147. The molecule has 0 spiro atoms. The molecule has 1 heterocycles. The highest BCUT2D eigenvalue weighted by molar-refractivity contribution is 7.99. The molecule has 0 unspecified atom stereocenters. The lowest BCUT2D eigenvalue weighted by Gasteiger charge is -2.09. The summed E-state index contributed by atoms with van der Waals surface area (Å²) in [5, 5.41) is 22.4. The summed E-state index contributed by atoms with van der Waals surface area (Å²) in [5.74, 6) is 0.939. The second kappa shape index (κ2) is 10.2. The van der Waals surface area contributed by atoms with E-state index in [-0.39, 0.29) is 29.6 Å². The summed E-state index contributed by atoms with van der Waals surface area (Å²) < 4.78 is 7.53. The first-order valence-corrected chi connectivity index (χ1v) is 9.94. The third-order valence-electron chi connectivity index (χ3n) is 3.92. The number of hydrogen-bond acceptors (Lipinski definition) is 7. The number of nitro groups is 1. The summed E-state index contributed by atoms with van der Waals surface area (Å²) in [6, 6.07) is 15.3. The monoisotopic (exact) mass is 425 g/mol. The third-order valence-corrected chi connectivity index (χ3v) is 4.89. The number of rotatable bonds is 10. The van der Waals surface area contributed by atoms with E-state index >= 15 is 0 Å². The van der Waals surface area contributed by atoms with Gasteiger partial charge in [0.05, 0.1) is 10.7 Å². The van der Waals surface area contributed by atoms with Crippen molar-refractivity contribution in [3.05, 3.63) is 83.2 Å². The van der Waals surface area contributed by atoms with E-state index in [1.165, 1.54) is 23.9 Å². The molecule has 0 aliphatic carbocycles. The maximum atomic E-state index is 12.3. The molecule has 10 heteroatoms. The Labute approximate surface area is 176 Å². The second-order valence-electron chi connectivity index (χ2n) is 6.01. The van der Waals surface area contributed by atoms with Gasteiger partial charge in [0, 0.05) is 12.6 Å². The molecule has 0 saturated heterocycles. The first-order valence-electron chi connectivity index (χ1n) is 8.95. The predicted molar refractivity (Wildman–Crippen MR) is 113 cm³/mol. The van der Waals surface area contributed by atoms with Crippen LogP contribution in [0.5, 0.6) is 5.75 Å². The van der Waals surface area contributed by atoms with E-state index in [2.05, 4.69) is 22.1 Å². The van der Waals surface area contributed by atoms with E-state index in [1.807, 2.05) is 30.3 Å². The Morgan fingerprint density at radius 3 is 2.67 bits per heavy atom. The molecule has 0 radical (unpaired) electrons. The molecule has 30 heavy (non-hydrogen) atoms. The fourth-order valence-electron chi connectivity index (χ4n) is 2.56. The molecule has 9 nitrogen and oxygen atoms in total. The number of carbonyl (C=O) groups is 1. The van der Waals surface area contributed by atoms with Crippen molar-refractivity contribution in [1.82, 2.24) is 14.8 Å². The Balaban J connectivity index is 1.63. The minimum Gasteiger partial charge on any atom is -0.486 e. The van der Waals surface area contributed by atoms with Crippen LogP contribution in [-0.4, -0.2) is 31.3 Å². The van der Waals surface area contributed by atoms with E-state index in [0.717, 1.165) is 0 Å². The number of thioether (sulfide) groups is 1. The Kier molecular flexibility index (Phi) is 7.17. The average molecular weight is 425 g/mol. The van der Waals surface area contributed by atoms with Crippen LogP contribution in [0.25, 0.3) is 0 Å². The number of para-hydroxylation sites is 3. The molecule has 0 atom stereocenters. The van der Waals surface area contributed by atoms with Crippen molar-refractivity contribution < 1.29 is 14.5 Å². The zero-order valence-electron chi connectivity index (χ0n) is 15.9. The van der Waals surface area contributed by atoms with Gasteiger partial charge in [0.25, 0.3) is 5.69 Å². The Hall–Kier alpha value is -3.66. The zero-order chi connectivity index (χ0) is 21.3. The number of carbonyl (C=O) groups excluding carboxylic acids is 1. The van der Waals surface area contributed by atoms with Crippen LogP contribution in [0.3, 0.4) is 0 Å². The summed E-state index contributed by atoms with van der Waals surface area (Å²) in [6.45, 7) is 4.41. The maximum absolute atomic E-state index is 12.3. The van der Waals surface area contributed by atoms with Crippen molar-refractivity contribution >= 4 is 29.0 Å². The quantitative estimate of drug-likeness (QED) is 0.228. The van der Waals surface area contributed by atoms with Gasteiger partial charge in [-0.05, 0) is 18.2 Å². The van der Waals surface area contributed by atoms with Gasteiger partial charge in [-0.1, -0.05) is 48.2 Å². The fraction of sp³-hybridized carbons (Fsp3) is 0.150. The molecular formula is C20H19N5O4S.